The molecule has 0 fully saturated rings. The van der Waals surface area contributed by atoms with Gasteiger partial charge in [-0.25, -0.2) is 0 Å². The number of hydrogen-bond acceptors (Lipinski definition) is 1. The van der Waals surface area contributed by atoms with Crippen LogP contribution in [0.5, 0.6) is 0 Å². The summed E-state index contributed by atoms with van der Waals surface area (Å²) in [5.74, 6) is 0. The van der Waals surface area contributed by atoms with Crippen molar-refractivity contribution in [3.8, 4) is 0 Å². The van der Waals surface area contributed by atoms with E-state index >= 15 is 0 Å². The van der Waals surface area contributed by atoms with E-state index in [1.54, 1.807) is 0 Å². The molecule has 1 heterocycles. The molecule has 0 saturated heterocycles. The van der Waals surface area contributed by atoms with Crippen LogP contribution in [0.4, 0.5) is 5.69 Å². The normalized spacial score (nSPS) is 16.0. The molecule has 2 rings (SSSR count). The van der Waals surface area contributed by atoms with Crippen LogP contribution in [0, 0.1) is 6.92 Å². The van der Waals surface area contributed by atoms with Crippen molar-refractivity contribution in [2.75, 3.05) is 1.33 Å². The minimum atomic E-state index is 0.257. The number of rotatable bonds is 0. The standard InChI is InChI=1S/C8H8I2N/c1-6-2-3-7-5-10-11(9)8(7)4-6/h2-4H,5H2,1H3/q-1. The summed E-state index contributed by atoms with van der Waals surface area (Å²) in [5.41, 5.74) is 4.37. The van der Waals surface area contributed by atoms with Gasteiger partial charge in [0.1, 0.15) is 0 Å². The van der Waals surface area contributed by atoms with Gasteiger partial charge in [0, 0.05) is 0 Å². The van der Waals surface area contributed by atoms with Crippen molar-refractivity contribution >= 4 is 28.6 Å². The summed E-state index contributed by atoms with van der Waals surface area (Å²) in [6.07, 6.45) is 0. The second-order valence-electron chi connectivity index (χ2n) is 2.62. The Morgan fingerprint density at radius 2 is 2.36 bits per heavy atom. The van der Waals surface area contributed by atoms with Gasteiger partial charge in [0.2, 0.25) is 0 Å². The molecule has 0 N–H and O–H groups in total. The van der Waals surface area contributed by atoms with Gasteiger partial charge < -0.3 is 0 Å². The van der Waals surface area contributed by atoms with Crippen molar-refractivity contribution in [2.24, 2.45) is 0 Å². The van der Waals surface area contributed by atoms with E-state index in [0.29, 0.717) is 0 Å². The molecule has 0 atom stereocenters. The Hall–Kier alpha value is 0.480. The van der Waals surface area contributed by atoms with Crippen LogP contribution >= 0.6 is 22.9 Å². The SMILES string of the molecule is Cc1ccc2c(c1)N(I)[I-]C2. The molecule has 3 heteroatoms. The fourth-order valence-corrected chi connectivity index (χ4v) is 4.57. The molecular formula is C8H8I2N-. The van der Waals surface area contributed by atoms with E-state index in [2.05, 4.69) is 49.3 Å². The van der Waals surface area contributed by atoms with Crippen LogP contribution in [-0.4, -0.2) is 0 Å². The van der Waals surface area contributed by atoms with Gasteiger partial charge in [0.15, 0.2) is 0 Å². The van der Waals surface area contributed by atoms with Gasteiger partial charge in [0.05, 0.1) is 0 Å². The zero-order valence-electron chi connectivity index (χ0n) is 6.14. The van der Waals surface area contributed by atoms with Crippen LogP contribution in [0.15, 0.2) is 18.2 Å². The average Bonchev–Trinajstić information content (AvgIpc) is 2.33. The molecule has 0 amide bonds. The summed E-state index contributed by atoms with van der Waals surface area (Å²) < 4.78 is 3.72. The number of nitrogens with zero attached hydrogens (tertiary/aromatic N) is 1. The molecule has 0 bridgehead atoms. The van der Waals surface area contributed by atoms with Crippen LogP contribution in [0.25, 0.3) is 0 Å². The molecule has 0 radical (unpaired) electrons. The Bertz CT molecular complexity index is 285. The van der Waals surface area contributed by atoms with Crippen LogP contribution in [0.2, 0.25) is 0 Å². The Balaban J connectivity index is 2.52. The summed E-state index contributed by atoms with van der Waals surface area (Å²) in [4.78, 5) is 0. The third kappa shape index (κ3) is 1.49. The van der Waals surface area contributed by atoms with E-state index in [9.17, 15) is 0 Å². The molecule has 1 aliphatic heterocycles. The number of alkyl halides is 1. The number of anilines is 1. The zero-order valence-corrected chi connectivity index (χ0v) is 10.5. The van der Waals surface area contributed by atoms with Crippen LogP contribution in [0.1, 0.15) is 11.1 Å². The first kappa shape index (κ1) is 8.10. The molecular weight excluding hydrogens is 364 g/mol. The van der Waals surface area contributed by atoms with E-state index < -0.39 is 0 Å². The Morgan fingerprint density at radius 3 is 3.18 bits per heavy atom. The monoisotopic (exact) mass is 372 g/mol. The first-order valence-corrected chi connectivity index (χ1v) is 6.88. The number of fused-ring (bicyclic) bond motifs is 1. The number of hydrogen-bond donors (Lipinski definition) is 0. The van der Waals surface area contributed by atoms with E-state index in [4.69, 9.17) is 0 Å². The molecule has 1 aromatic carbocycles. The fraction of sp³-hybridized carbons (Fsp3) is 0.250. The van der Waals surface area contributed by atoms with E-state index in [1.165, 1.54) is 21.2 Å². The van der Waals surface area contributed by atoms with Crippen molar-refractivity contribution in [2.45, 2.75) is 11.4 Å². The quantitative estimate of drug-likeness (QED) is 0.343. The maximum atomic E-state index is 2.42. The van der Waals surface area contributed by atoms with Gasteiger partial charge in [-0.15, -0.1) is 0 Å². The van der Waals surface area contributed by atoms with Crippen LogP contribution < -0.4 is 22.8 Å². The van der Waals surface area contributed by atoms with Gasteiger partial charge in [-0.3, -0.25) is 0 Å². The molecule has 11 heavy (non-hydrogen) atoms. The summed E-state index contributed by atoms with van der Waals surface area (Å²) in [7, 11) is 0. The number of aryl methyl sites for hydroxylation is 1. The molecule has 0 spiro atoms. The van der Waals surface area contributed by atoms with E-state index in [1.807, 2.05) is 0 Å². The van der Waals surface area contributed by atoms with E-state index in [-0.39, 0.29) is 21.5 Å². The zero-order chi connectivity index (χ0) is 7.84. The summed E-state index contributed by atoms with van der Waals surface area (Å²) >= 11 is 2.68. The van der Waals surface area contributed by atoms with Gasteiger partial charge in [-0.1, -0.05) is 0 Å². The Morgan fingerprint density at radius 1 is 1.55 bits per heavy atom. The van der Waals surface area contributed by atoms with Crippen molar-refractivity contribution < 1.29 is 21.5 Å². The fourth-order valence-electron chi connectivity index (χ4n) is 1.13. The van der Waals surface area contributed by atoms with Crippen molar-refractivity contribution in [3.63, 3.8) is 0 Å². The molecule has 0 saturated carbocycles. The molecule has 0 aromatic heterocycles. The maximum absolute atomic E-state index is 2.42. The first-order chi connectivity index (χ1) is 5.27. The second-order valence-corrected chi connectivity index (χ2v) is 7.84. The molecule has 1 aromatic rings. The van der Waals surface area contributed by atoms with Crippen molar-refractivity contribution in [1.29, 1.82) is 0 Å². The first-order valence-electron chi connectivity index (χ1n) is 3.42. The predicted octanol–water partition coefficient (Wildman–Crippen LogP) is -0.331. The second kappa shape index (κ2) is 3.08. The summed E-state index contributed by atoms with van der Waals surface area (Å²) in [5, 5.41) is 0. The van der Waals surface area contributed by atoms with Gasteiger partial charge in [0.25, 0.3) is 0 Å². The topological polar surface area (TPSA) is 3.24 Å². The third-order valence-corrected chi connectivity index (χ3v) is 6.26. The molecule has 0 aliphatic carbocycles. The summed E-state index contributed by atoms with van der Waals surface area (Å²) in [6, 6.07) is 6.76. The third-order valence-electron chi connectivity index (χ3n) is 1.73. The predicted molar refractivity (Wildman–Crippen MR) is 51.4 cm³/mol. The minimum absolute atomic E-state index is 0.257. The number of halogens is 2. The van der Waals surface area contributed by atoms with Crippen molar-refractivity contribution in [1.82, 2.24) is 0 Å². The molecule has 60 valence electrons. The Labute approximate surface area is 91.3 Å². The van der Waals surface area contributed by atoms with Gasteiger partial charge >= 0.3 is 92.0 Å². The van der Waals surface area contributed by atoms with Gasteiger partial charge in [-0.2, -0.15) is 0 Å². The summed E-state index contributed by atoms with van der Waals surface area (Å²) in [6.45, 7) is 2.15. The van der Waals surface area contributed by atoms with E-state index in [0.717, 1.165) is 0 Å². The molecule has 1 aliphatic rings. The number of benzene rings is 1. The van der Waals surface area contributed by atoms with Crippen LogP contribution in [0.3, 0.4) is 0 Å². The Kier molecular flexibility index (Phi) is 2.27. The molecule has 1 nitrogen and oxygen atoms in total. The van der Waals surface area contributed by atoms with Crippen LogP contribution in [-0.2, 0) is 4.43 Å². The average molecular weight is 372 g/mol. The molecule has 0 unspecified atom stereocenters. The van der Waals surface area contributed by atoms with Gasteiger partial charge in [-0.05, 0) is 0 Å². The van der Waals surface area contributed by atoms with Crippen molar-refractivity contribution in [3.05, 3.63) is 29.3 Å².